The van der Waals surface area contributed by atoms with Gasteiger partial charge in [-0.2, -0.15) is 0 Å². The summed E-state index contributed by atoms with van der Waals surface area (Å²) < 4.78 is 0. The standard InChI is InChI=1S/C11H20N2O2/c1-9(10(2)14)4-5-13-7-6-12(3)8-11(13)15/h9H,4-8H2,1-3H3. The number of nitrogens with zero attached hydrogens (tertiary/aromatic N) is 2. The van der Waals surface area contributed by atoms with Crippen molar-refractivity contribution in [3.05, 3.63) is 0 Å². The summed E-state index contributed by atoms with van der Waals surface area (Å²) in [5.41, 5.74) is 0. The minimum Gasteiger partial charge on any atom is -0.340 e. The Hall–Kier alpha value is -0.900. The van der Waals surface area contributed by atoms with Crippen molar-refractivity contribution >= 4 is 11.7 Å². The van der Waals surface area contributed by atoms with Crippen molar-refractivity contribution in [1.29, 1.82) is 0 Å². The third-order valence-corrected chi connectivity index (χ3v) is 3.04. The SMILES string of the molecule is CC(=O)C(C)CCN1CCN(C)CC1=O. The zero-order valence-electron chi connectivity index (χ0n) is 9.82. The molecule has 4 heteroatoms. The van der Waals surface area contributed by atoms with Crippen LogP contribution in [0.2, 0.25) is 0 Å². The number of likely N-dealkylation sites (N-methyl/N-ethyl adjacent to an activating group) is 1. The molecule has 0 aliphatic carbocycles. The van der Waals surface area contributed by atoms with Crippen molar-refractivity contribution in [2.24, 2.45) is 5.92 Å². The van der Waals surface area contributed by atoms with E-state index in [-0.39, 0.29) is 17.6 Å². The van der Waals surface area contributed by atoms with Gasteiger partial charge < -0.3 is 4.90 Å². The van der Waals surface area contributed by atoms with E-state index < -0.39 is 0 Å². The summed E-state index contributed by atoms with van der Waals surface area (Å²) in [5.74, 6) is 0.452. The van der Waals surface area contributed by atoms with Gasteiger partial charge in [0, 0.05) is 25.6 Å². The second kappa shape index (κ2) is 5.26. The fourth-order valence-electron chi connectivity index (χ4n) is 1.62. The largest absolute Gasteiger partial charge is 0.340 e. The van der Waals surface area contributed by atoms with E-state index in [2.05, 4.69) is 0 Å². The van der Waals surface area contributed by atoms with Gasteiger partial charge in [-0.15, -0.1) is 0 Å². The summed E-state index contributed by atoms with van der Waals surface area (Å²) in [7, 11) is 1.95. The first-order valence-electron chi connectivity index (χ1n) is 5.47. The first kappa shape index (κ1) is 12.2. The third kappa shape index (κ3) is 3.63. The van der Waals surface area contributed by atoms with Crippen LogP contribution in [0.5, 0.6) is 0 Å². The Morgan fingerprint density at radius 1 is 1.47 bits per heavy atom. The van der Waals surface area contributed by atoms with Crippen LogP contribution in [-0.4, -0.2) is 54.7 Å². The molecule has 0 aromatic rings. The molecule has 15 heavy (non-hydrogen) atoms. The van der Waals surface area contributed by atoms with E-state index in [9.17, 15) is 9.59 Å². The molecule has 0 aromatic heterocycles. The van der Waals surface area contributed by atoms with Gasteiger partial charge in [0.05, 0.1) is 6.54 Å². The summed E-state index contributed by atoms with van der Waals surface area (Å²) in [6.07, 6.45) is 0.783. The molecule has 4 nitrogen and oxygen atoms in total. The molecular formula is C11H20N2O2. The normalized spacial score (nSPS) is 20.5. The van der Waals surface area contributed by atoms with E-state index in [1.165, 1.54) is 0 Å². The molecule has 1 aliphatic heterocycles. The lowest BCUT2D eigenvalue weighted by atomic mass is 10.0. The first-order chi connectivity index (χ1) is 7.00. The van der Waals surface area contributed by atoms with Crippen LogP contribution in [0.25, 0.3) is 0 Å². The second-order valence-electron chi connectivity index (χ2n) is 4.42. The molecule has 0 N–H and O–H groups in total. The molecule has 0 saturated carbocycles. The number of Topliss-reactive ketones (excluding diaryl/α,β-unsaturated/α-hetero) is 1. The van der Waals surface area contributed by atoms with Crippen molar-refractivity contribution in [1.82, 2.24) is 9.80 Å². The van der Waals surface area contributed by atoms with Crippen LogP contribution in [0, 0.1) is 5.92 Å². The van der Waals surface area contributed by atoms with Crippen LogP contribution in [-0.2, 0) is 9.59 Å². The minimum atomic E-state index is 0.0671. The molecule has 1 amide bonds. The molecule has 0 bridgehead atoms. The maximum atomic E-state index is 11.6. The van der Waals surface area contributed by atoms with Gasteiger partial charge in [-0.05, 0) is 20.4 Å². The molecule has 1 fully saturated rings. The van der Waals surface area contributed by atoms with Gasteiger partial charge in [-0.1, -0.05) is 6.92 Å². The van der Waals surface area contributed by atoms with Gasteiger partial charge in [-0.25, -0.2) is 0 Å². The fourth-order valence-corrected chi connectivity index (χ4v) is 1.62. The number of rotatable bonds is 4. The van der Waals surface area contributed by atoms with Crippen molar-refractivity contribution in [3.63, 3.8) is 0 Å². The van der Waals surface area contributed by atoms with E-state index in [4.69, 9.17) is 0 Å². The summed E-state index contributed by atoms with van der Waals surface area (Å²) in [4.78, 5) is 26.5. The highest BCUT2D eigenvalue weighted by atomic mass is 16.2. The highest BCUT2D eigenvalue weighted by molar-refractivity contribution is 5.79. The Morgan fingerprint density at radius 3 is 2.67 bits per heavy atom. The van der Waals surface area contributed by atoms with Crippen LogP contribution in [0.4, 0.5) is 0 Å². The molecule has 1 rings (SSSR count). The molecule has 86 valence electrons. The predicted molar refractivity (Wildman–Crippen MR) is 58.5 cm³/mol. The summed E-state index contributed by atoms with van der Waals surface area (Å²) in [5, 5.41) is 0. The fraction of sp³-hybridized carbons (Fsp3) is 0.818. The first-order valence-corrected chi connectivity index (χ1v) is 5.47. The highest BCUT2D eigenvalue weighted by Crippen LogP contribution is 2.07. The average molecular weight is 212 g/mol. The molecule has 1 heterocycles. The maximum Gasteiger partial charge on any atom is 0.236 e. The Kier molecular flexibility index (Phi) is 4.27. The Labute approximate surface area is 91.2 Å². The second-order valence-corrected chi connectivity index (χ2v) is 4.42. The van der Waals surface area contributed by atoms with Crippen molar-refractivity contribution < 1.29 is 9.59 Å². The number of hydrogen-bond donors (Lipinski definition) is 0. The lowest BCUT2D eigenvalue weighted by molar-refractivity contribution is -0.136. The van der Waals surface area contributed by atoms with Crippen LogP contribution < -0.4 is 0 Å². The number of ketones is 1. The molecule has 1 unspecified atom stereocenters. The van der Waals surface area contributed by atoms with E-state index in [0.29, 0.717) is 13.1 Å². The Bertz CT molecular complexity index is 253. The lowest BCUT2D eigenvalue weighted by Gasteiger charge is -2.32. The quantitative estimate of drug-likeness (QED) is 0.676. The number of carbonyl (C=O) groups is 2. The van der Waals surface area contributed by atoms with Crippen molar-refractivity contribution in [3.8, 4) is 0 Å². The summed E-state index contributed by atoms with van der Waals surface area (Å²) in [6, 6.07) is 0. The number of piperazine rings is 1. The topological polar surface area (TPSA) is 40.6 Å². The van der Waals surface area contributed by atoms with Gasteiger partial charge in [0.1, 0.15) is 5.78 Å². The molecule has 1 atom stereocenters. The van der Waals surface area contributed by atoms with E-state index >= 15 is 0 Å². The predicted octanol–water partition coefficient (Wildman–Crippen LogP) is 0.376. The van der Waals surface area contributed by atoms with Gasteiger partial charge in [0.15, 0.2) is 0 Å². The number of amides is 1. The van der Waals surface area contributed by atoms with Gasteiger partial charge >= 0.3 is 0 Å². The smallest absolute Gasteiger partial charge is 0.236 e. The van der Waals surface area contributed by atoms with Crippen LogP contribution in [0.3, 0.4) is 0 Å². The minimum absolute atomic E-state index is 0.0671. The lowest BCUT2D eigenvalue weighted by Crippen LogP contribution is -2.49. The number of hydrogen-bond acceptors (Lipinski definition) is 3. The van der Waals surface area contributed by atoms with Crippen LogP contribution >= 0.6 is 0 Å². The molecule has 0 spiro atoms. The summed E-state index contributed by atoms with van der Waals surface area (Å²) in [6.45, 7) is 6.47. The zero-order chi connectivity index (χ0) is 11.4. The zero-order valence-corrected chi connectivity index (χ0v) is 9.82. The van der Waals surface area contributed by atoms with Crippen LogP contribution in [0.15, 0.2) is 0 Å². The third-order valence-electron chi connectivity index (χ3n) is 3.04. The van der Waals surface area contributed by atoms with Crippen LogP contribution in [0.1, 0.15) is 20.3 Å². The Balaban J connectivity index is 2.33. The molecular weight excluding hydrogens is 192 g/mol. The summed E-state index contributed by atoms with van der Waals surface area (Å²) >= 11 is 0. The molecule has 0 radical (unpaired) electrons. The van der Waals surface area contributed by atoms with Gasteiger partial charge in [0.25, 0.3) is 0 Å². The van der Waals surface area contributed by atoms with E-state index in [1.807, 2.05) is 23.8 Å². The maximum absolute atomic E-state index is 11.6. The Morgan fingerprint density at radius 2 is 2.13 bits per heavy atom. The van der Waals surface area contributed by atoms with Gasteiger partial charge in [-0.3, -0.25) is 14.5 Å². The van der Waals surface area contributed by atoms with E-state index in [1.54, 1.807) is 6.92 Å². The van der Waals surface area contributed by atoms with Gasteiger partial charge in [0.2, 0.25) is 5.91 Å². The van der Waals surface area contributed by atoms with E-state index in [0.717, 1.165) is 19.5 Å². The molecule has 1 aliphatic rings. The highest BCUT2D eigenvalue weighted by Gasteiger charge is 2.21. The molecule has 0 aromatic carbocycles. The number of carbonyl (C=O) groups excluding carboxylic acids is 2. The molecule has 1 saturated heterocycles. The van der Waals surface area contributed by atoms with Crippen molar-refractivity contribution in [2.45, 2.75) is 20.3 Å². The average Bonchev–Trinajstić information content (AvgIpc) is 2.15. The monoisotopic (exact) mass is 212 g/mol. The van der Waals surface area contributed by atoms with Crippen molar-refractivity contribution in [2.75, 3.05) is 33.2 Å².